The lowest BCUT2D eigenvalue weighted by Crippen LogP contribution is -2.21. The molecule has 1 amide bonds. The molecule has 1 heterocycles. The number of esters is 1. The van der Waals surface area contributed by atoms with Crippen molar-refractivity contribution in [3.05, 3.63) is 45.8 Å². The van der Waals surface area contributed by atoms with Gasteiger partial charge in [-0.2, -0.15) is 5.26 Å². The Kier molecular flexibility index (Phi) is 6.89. The minimum absolute atomic E-state index is 0.155. The predicted octanol–water partition coefficient (Wildman–Crippen LogP) is 3.87. The van der Waals surface area contributed by atoms with E-state index in [0.717, 1.165) is 36.1 Å². The summed E-state index contributed by atoms with van der Waals surface area (Å²) in [4.78, 5) is 25.4. The van der Waals surface area contributed by atoms with Crippen LogP contribution in [0.1, 0.15) is 41.3 Å². The highest BCUT2D eigenvalue weighted by Crippen LogP contribution is 2.39. The summed E-state index contributed by atoms with van der Waals surface area (Å²) in [7, 11) is 1.58. The summed E-state index contributed by atoms with van der Waals surface area (Å²) in [5, 5.41) is 12.8. The number of benzene rings is 1. The second-order valence-corrected chi connectivity index (χ2v) is 8.29. The number of nitrogens with zero attached hydrogens (tertiary/aromatic N) is 1. The highest BCUT2D eigenvalue weighted by molar-refractivity contribution is 7.16. The first-order chi connectivity index (χ1) is 14.0. The maximum Gasteiger partial charge on any atom is 0.306 e. The van der Waals surface area contributed by atoms with Crippen LogP contribution in [0.5, 0.6) is 5.75 Å². The Labute approximate surface area is 174 Å². The Balaban J connectivity index is 1.51. The maximum absolute atomic E-state index is 12.2. The molecule has 1 aliphatic rings. The molecule has 6 nitrogen and oxygen atoms in total. The molecule has 1 atom stereocenters. The highest BCUT2D eigenvalue weighted by Gasteiger charge is 2.24. The van der Waals surface area contributed by atoms with Crippen LogP contribution in [-0.4, -0.2) is 25.6 Å². The molecule has 7 heteroatoms. The summed E-state index contributed by atoms with van der Waals surface area (Å²) < 4.78 is 10.4. The molecule has 29 heavy (non-hydrogen) atoms. The number of methoxy groups -OCH3 is 1. The van der Waals surface area contributed by atoms with Gasteiger partial charge in [-0.1, -0.05) is 25.1 Å². The van der Waals surface area contributed by atoms with Crippen LogP contribution in [0.4, 0.5) is 5.00 Å². The van der Waals surface area contributed by atoms with Crippen molar-refractivity contribution in [2.75, 3.05) is 19.0 Å². The van der Waals surface area contributed by atoms with E-state index >= 15 is 0 Å². The van der Waals surface area contributed by atoms with Crippen LogP contribution in [0.3, 0.4) is 0 Å². The Morgan fingerprint density at radius 3 is 2.90 bits per heavy atom. The smallest absolute Gasteiger partial charge is 0.306 e. The number of para-hydroxylation sites is 1. The maximum atomic E-state index is 12.2. The van der Waals surface area contributed by atoms with Crippen LogP contribution in [0.15, 0.2) is 24.3 Å². The van der Waals surface area contributed by atoms with Gasteiger partial charge in [-0.25, -0.2) is 0 Å². The molecule has 3 rings (SSSR count). The fourth-order valence-corrected chi connectivity index (χ4v) is 4.86. The molecule has 0 aliphatic heterocycles. The summed E-state index contributed by atoms with van der Waals surface area (Å²) in [6.45, 7) is 1.83. The molecular formula is C22H24N2O4S. The fourth-order valence-electron chi connectivity index (χ4n) is 3.48. The normalized spacial score (nSPS) is 15.1. The Morgan fingerprint density at radius 2 is 2.14 bits per heavy atom. The Bertz CT molecular complexity index is 945. The minimum Gasteiger partial charge on any atom is -0.496 e. The molecule has 2 aromatic rings. The molecule has 1 aliphatic carbocycles. The van der Waals surface area contributed by atoms with Crippen molar-refractivity contribution < 1.29 is 19.1 Å². The van der Waals surface area contributed by atoms with Crippen LogP contribution < -0.4 is 10.1 Å². The van der Waals surface area contributed by atoms with Crippen LogP contribution in [0.2, 0.25) is 0 Å². The zero-order valence-corrected chi connectivity index (χ0v) is 17.4. The van der Waals surface area contributed by atoms with Crippen molar-refractivity contribution in [2.24, 2.45) is 5.92 Å². The van der Waals surface area contributed by atoms with Crippen molar-refractivity contribution in [3.63, 3.8) is 0 Å². The molecule has 0 unspecified atom stereocenters. The largest absolute Gasteiger partial charge is 0.496 e. The standard InChI is InChI=1S/C22H24N2O4S/c1-14-7-9-16-17(12-23)22(29-19(16)11-14)24-20(25)13-28-21(26)10-8-15-5-3-4-6-18(15)27-2/h3-6,14H,7-11,13H2,1-2H3,(H,24,25)/t14-/m0/s1. The first-order valence-corrected chi connectivity index (χ1v) is 10.5. The average molecular weight is 413 g/mol. The molecule has 0 saturated carbocycles. The number of nitriles is 1. The second-order valence-electron chi connectivity index (χ2n) is 7.19. The molecule has 0 bridgehead atoms. The van der Waals surface area contributed by atoms with Gasteiger partial charge < -0.3 is 14.8 Å². The number of nitrogens with one attached hydrogen (secondary N) is 1. The number of aryl methyl sites for hydroxylation is 1. The topological polar surface area (TPSA) is 88.4 Å². The van der Waals surface area contributed by atoms with Gasteiger partial charge in [-0.3, -0.25) is 9.59 Å². The zero-order chi connectivity index (χ0) is 20.8. The second kappa shape index (κ2) is 9.57. The average Bonchev–Trinajstić information content (AvgIpc) is 3.06. The molecule has 152 valence electrons. The molecule has 0 spiro atoms. The van der Waals surface area contributed by atoms with Gasteiger partial charge in [-0.15, -0.1) is 11.3 Å². The molecular weight excluding hydrogens is 388 g/mol. The number of hydrogen-bond acceptors (Lipinski definition) is 6. The van der Waals surface area contributed by atoms with E-state index in [1.165, 1.54) is 16.2 Å². The number of hydrogen-bond donors (Lipinski definition) is 1. The SMILES string of the molecule is COc1ccccc1CCC(=O)OCC(=O)Nc1sc2c(c1C#N)CC[C@H](C)C2. The van der Waals surface area contributed by atoms with Gasteiger partial charge in [0.15, 0.2) is 6.61 Å². The molecule has 1 N–H and O–H groups in total. The monoisotopic (exact) mass is 412 g/mol. The zero-order valence-electron chi connectivity index (χ0n) is 16.6. The van der Waals surface area contributed by atoms with E-state index < -0.39 is 11.9 Å². The molecule has 0 fully saturated rings. The summed E-state index contributed by atoms with van der Waals surface area (Å²) in [5.74, 6) is 0.420. The van der Waals surface area contributed by atoms with Crippen LogP contribution in [0, 0.1) is 17.2 Å². The third-order valence-electron chi connectivity index (χ3n) is 5.03. The van der Waals surface area contributed by atoms with Gasteiger partial charge in [0.1, 0.15) is 16.8 Å². The van der Waals surface area contributed by atoms with Crippen molar-refractivity contribution in [2.45, 2.75) is 39.0 Å². The van der Waals surface area contributed by atoms with Gasteiger partial charge in [0, 0.05) is 11.3 Å². The van der Waals surface area contributed by atoms with E-state index in [0.29, 0.717) is 22.9 Å². The van der Waals surface area contributed by atoms with Gasteiger partial charge in [0.25, 0.3) is 5.91 Å². The van der Waals surface area contributed by atoms with E-state index in [-0.39, 0.29) is 13.0 Å². The number of ether oxygens (including phenoxy) is 2. The third kappa shape index (κ3) is 5.15. The summed E-state index contributed by atoms with van der Waals surface area (Å²) in [5.41, 5.74) is 2.51. The lowest BCUT2D eigenvalue weighted by Gasteiger charge is -2.17. The van der Waals surface area contributed by atoms with Gasteiger partial charge >= 0.3 is 5.97 Å². The van der Waals surface area contributed by atoms with Gasteiger partial charge in [0.2, 0.25) is 0 Å². The van der Waals surface area contributed by atoms with E-state index in [4.69, 9.17) is 9.47 Å². The number of thiophene rings is 1. The van der Waals surface area contributed by atoms with Gasteiger partial charge in [-0.05, 0) is 48.8 Å². The van der Waals surface area contributed by atoms with E-state index in [2.05, 4.69) is 18.3 Å². The van der Waals surface area contributed by atoms with Crippen molar-refractivity contribution in [1.29, 1.82) is 5.26 Å². The minimum atomic E-state index is -0.453. The third-order valence-corrected chi connectivity index (χ3v) is 6.20. The number of anilines is 1. The molecule has 0 radical (unpaired) electrons. The van der Waals surface area contributed by atoms with Crippen LogP contribution in [0.25, 0.3) is 0 Å². The van der Waals surface area contributed by atoms with E-state index in [9.17, 15) is 14.9 Å². The Hall–Kier alpha value is -2.85. The first-order valence-electron chi connectivity index (χ1n) is 9.63. The molecule has 1 aromatic heterocycles. The number of rotatable bonds is 7. The van der Waals surface area contributed by atoms with Crippen molar-refractivity contribution >= 4 is 28.2 Å². The molecule has 1 aromatic carbocycles. The number of fused-ring (bicyclic) bond motifs is 1. The van der Waals surface area contributed by atoms with Crippen molar-refractivity contribution in [3.8, 4) is 11.8 Å². The van der Waals surface area contributed by atoms with Crippen molar-refractivity contribution in [1.82, 2.24) is 0 Å². The molecule has 0 saturated heterocycles. The Morgan fingerprint density at radius 1 is 1.34 bits per heavy atom. The predicted molar refractivity (Wildman–Crippen MR) is 111 cm³/mol. The highest BCUT2D eigenvalue weighted by atomic mass is 32.1. The van der Waals surface area contributed by atoms with Crippen LogP contribution in [-0.2, 0) is 33.6 Å². The number of carbonyl (C=O) groups excluding carboxylic acids is 2. The van der Waals surface area contributed by atoms with E-state index in [1.54, 1.807) is 7.11 Å². The summed E-state index contributed by atoms with van der Waals surface area (Å²) in [6.07, 6.45) is 3.48. The summed E-state index contributed by atoms with van der Waals surface area (Å²) in [6, 6.07) is 9.68. The number of amides is 1. The first kappa shape index (κ1) is 20.9. The quantitative estimate of drug-likeness (QED) is 0.698. The van der Waals surface area contributed by atoms with Gasteiger partial charge in [0.05, 0.1) is 12.7 Å². The number of carbonyl (C=O) groups is 2. The fraction of sp³-hybridized carbons (Fsp3) is 0.409. The van der Waals surface area contributed by atoms with Crippen LogP contribution >= 0.6 is 11.3 Å². The lowest BCUT2D eigenvalue weighted by molar-refractivity contribution is -0.147. The summed E-state index contributed by atoms with van der Waals surface area (Å²) >= 11 is 1.46. The van der Waals surface area contributed by atoms with E-state index in [1.807, 2.05) is 24.3 Å². The lowest BCUT2D eigenvalue weighted by atomic mass is 9.89.